The third-order valence-electron chi connectivity index (χ3n) is 10.8. The van der Waals surface area contributed by atoms with Gasteiger partial charge in [-0.15, -0.1) is 0 Å². The summed E-state index contributed by atoms with van der Waals surface area (Å²) in [7, 11) is 5.53. The predicted molar refractivity (Wildman–Crippen MR) is 243 cm³/mol. The number of aliphatic carboxylic acids is 1. The fraction of sp³-hybridized carbons (Fsp3) is 0.820. The SMILES string of the molecule is CC/C=C/C/C=C/C/C=C/CCCCCCCCCCCCCCCC(=O)OC(COCCC(C(=O)O)[N+](C)(C)C)COC(=O)CCCCCCCCCCCCC. The summed E-state index contributed by atoms with van der Waals surface area (Å²) in [6, 6.07) is -0.612. The number of quaternary nitrogens is 1. The van der Waals surface area contributed by atoms with E-state index >= 15 is 0 Å². The smallest absolute Gasteiger partial charge is 0.362 e. The normalized spacial score (nSPS) is 13.2. The number of allylic oxidation sites excluding steroid dienone is 6. The summed E-state index contributed by atoms with van der Waals surface area (Å²) in [6.45, 7) is 4.64. The van der Waals surface area contributed by atoms with E-state index in [9.17, 15) is 19.5 Å². The first-order valence-corrected chi connectivity index (χ1v) is 24.0. The molecule has 0 spiro atoms. The summed E-state index contributed by atoms with van der Waals surface area (Å²) in [5.41, 5.74) is 0. The molecule has 0 aliphatic heterocycles. The third kappa shape index (κ3) is 39.0. The molecule has 0 saturated heterocycles. The lowest BCUT2D eigenvalue weighted by atomic mass is 10.0. The highest BCUT2D eigenvalue weighted by atomic mass is 16.6. The van der Waals surface area contributed by atoms with E-state index in [2.05, 4.69) is 50.3 Å². The molecule has 0 fully saturated rings. The van der Waals surface area contributed by atoms with Crippen molar-refractivity contribution in [3.8, 4) is 0 Å². The van der Waals surface area contributed by atoms with Gasteiger partial charge in [-0.3, -0.25) is 9.59 Å². The fourth-order valence-corrected chi connectivity index (χ4v) is 7.11. The monoisotopic (exact) mass is 819 g/mol. The fourth-order valence-electron chi connectivity index (χ4n) is 7.11. The summed E-state index contributed by atoms with van der Waals surface area (Å²) in [6.07, 6.45) is 47.6. The zero-order chi connectivity index (χ0) is 42.8. The number of hydrogen-bond donors (Lipinski definition) is 1. The van der Waals surface area contributed by atoms with Crippen molar-refractivity contribution in [1.82, 2.24) is 0 Å². The molecular formula is C50H92NO7+. The van der Waals surface area contributed by atoms with Crippen molar-refractivity contribution in [2.75, 3.05) is 41.0 Å². The van der Waals surface area contributed by atoms with Gasteiger partial charge in [-0.25, -0.2) is 4.79 Å². The minimum absolute atomic E-state index is 0.0476. The van der Waals surface area contributed by atoms with Crippen LogP contribution in [0.1, 0.15) is 213 Å². The molecule has 8 heteroatoms. The van der Waals surface area contributed by atoms with E-state index < -0.39 is 18.1 Å². The summed E-state index contributed by atoms with van der Waals surface area (Å²) < 4.78 is 17.3. The average molecular weight is 819 g/mol. The summed E-state index contributed by atoms with van der Waals surface area (Å²) in [4.78, 5) is 37.0. The molecule has 0 bridgehead atoms. The number of unbranched alkanes of at least 4 members (excludes halogenated alkanes) is 23. The van der Waals surface area contributed by atoms with Crippen LogP contribution in [-0.2, 0) is 28.6 Å². The number of hydrogen-bond acceptors (Lipinski definition) is 6. The van der Waals surface area contributed by atoms with Gasteiger partial charge in [-0.2, -0.15) is 0 Å². The Bertz CT molecular complexity index is 1050. The van der Waals surface area contributed by atoms with Crippen molar-refractivity contribution in [2.45, 2.75) is 225 Å². The van der Waals surface area contributed by atoms with Gasteiger partial charge < -0.3 is 23.8 Å². The van der Waals surface area contributed by atoms with Crippen LogP contribution in [0.15, 0.2) is 36.5 Å². The predicted octanol–water partition coefficient (Wildman–Crippen LogP) is 13.4. The van der Waals surface area contributed by atoms with E-state index in [1.807, 2.05) is 21.1 Å². The second-order valence-corrected chi connectivity index (χ2v) is 17.3. The molecule has 0 saturated carbocycles. The number of carbonyl (C=O) groups is 3. The van der Waals surface area contributed by atoms with Crippen LogP contribution in [0.4, 0.5) is 0 Å². The van der Waals surface area contributed by atoms with Crippen LogP contribution in [0.25, 0.3) is 0 Å². The summed E-state index contributed by atoms with van der Waals surface area (Å²) >= 11 is 0. The molecule has 1 N–H and O–H groups in total. The number of carboxylic acids is 1. The highest BCUT2D eigenvalue weighted by molar-refractivity contribution is 5.72. The van der Waals surface area contributed by atoms with Crippen LogP contribution in [-0.4, -0.2) is 80.6 Å². The molecule has 0 rings (SSSR count). The van der Waals surface area contributed by atoms with Gasteiger partial charge in [-0.05, 0) is 44.9 Å². The highest BCUT2D eigenvalue weighted by Crippen LogP contribution is 2.16. The Labute approximate surface area is 357 Å². The summed E-state index contributed by atoms with van der Waals surface area (Å²) in [5.74, 6) is -1.46. The maximum Gasteiger partial charge on any atom is 0.362 e. The molecule has 8 nitrogen and oxygen atoms in total. The third-order valence-corrected chi connectivity index (χ3v) is 10.8. The number of likely N-dealkylation sites (N-methyl/N-ethyl adjacent to an activating group) is 1. The lowest BCUT2D eigenvalue weighted by Gasteiger charge is -2.31. The van der Waals surface area contributed by atoms with Crippen molar-refractivity contribution in [3.05, 3.63) is 36.5 Å². The first kappa shape index (κ1) is 55.5. The van der Waals surface area contributed by atoms with E-state index in [0.717, 1.165) is 57.8 Å². The van der Waals surface area contributed by atoms with Gasteiger partial charge >= 0.3 is 17.9 Å². The first-order chi connectivity index (χ1) is 28.1. The maximum absolute atomic E-state index is 12.8. The number of esters is 2. The molecule has 2 atom stereocenters. The second-order valence-electron chi connectivity index (χ2n) is 17.3. The molecule has 0 aromatic carbocycles. The van der Waals surface area contributed by atoms with Gasteiger partial charge in [-0.1, -0.05) is 185 Å². The molecule has 0 aromatic rings. The number of carbonyl (C=O) groups excluding carboxylic acids is 2. The quantitative estimate of drug-likeness (QED) is 0.0283. The minimum Gasteiger partial charge on any atom is -0.477 e. The van der Waals surface area contributed by atoms with E-state index in [4.69, 9.17) is 14.2 Å². The standard InChI is InChI=1S/C50H91NO7/c1-6-8-10-12-14-16-18-19-20-21-22-23-24-25-26-27-28-29-31-33-35-37-39-41-49(53)58-46(44-56-43-42-47(50(54)55)51(3,4)5)45-57-48(52)40-38-36-34-32-30-17-15-13-11-9-7-2/h8,10,14,16,19-20,46-47H,6-7,9,11-13,15,17-18,21-45H2,1-5H3/p+1/b10-8+,16-14+,20-19+. The molecule has 58 heavy (non-hydrogen) atoms. The van der Waals surface area contributed by atoms with Crippen molar-refractivity contribution in [3.63, 3.8) is 0 Å². The van der Waals surface area contributed by atoms with Crippen molar-refractivity contribution in [1.29, 1.82) is 0 Å². The van der Waals surface area contributed by atoms with Crippen LogP contribution >= 0.6 is 0 Å². The zero-order valence-electron chi connectivity index (χ0n) is 38.5. The van der Waals surface area contributed by atoms with Crippen molar-refractivity contribution < 1.29 is 38.2 Å². The lowest BCUT2D eigenvalue weighted by molar-refractivity contribution is -0.887. The largest absolute Gasteiger partial charge is 0.477 e. The Morgan fingerprint density at radius 3 is 1.43 bits per heavy atom. The Kier molecular flexibility index (Phi) is 39.5. The Morgan fingerprint density at radius 2 is 0.966 bits per heavy atom. The lowest BCUT2D eigenvalue weighted by Crippen LogP contribution is -2.50. The number of carboxylic acid groups (broad SMARTS) is 1. The molecule has 2 unspecified atom stereocenters. The van der Waals surface area contributed by atoms with E-state index in [1.165, 1.54) is 122 Å². The molecule has 0 heterocycles. The number of nitrogens with zero attached hydrogens (tertiary/aromatic N) is 1. The van der Waals surface area contributed by atoms with Gasteiger partial charge in [0.25, 0.3) is 0 Å². The van der Waals surface area contributed by atoms with Crippen LogP contribution < -0.4 is 0 Å². The molecule has 0 radical (unpaired) electrons. The maximum atomic E-state index is 12.8. The number of ether oxygens (including phenoxy) is 3. The Hall–Kier alpha value is -2.45. The Balaban J connectivity index is 4.18. The minimum atomic E-state index is -0.873. The van der Waals surface area contributed by atoms with Crippen LogP contribution in [0.3, 0.4) is 0 Å². The second kappa shape index (κ2) is 41.3. The van der Waals surface area contributed by atoms with Gasteiger partial charge in [0.1, 0.15) is 6.61 Å². The van der Waals surface area contributed by atoms with Gasteiger partial charge in [0, 0.05) is 19.3 Å². The van der Waals surface area contributed by atoms with E-state index in [1.54, 1.807) is 0 Å². The zero-order valence-corrected chi connectivity index (χ0v) is 38.5. The van der Waals surface area contributed by atoms with Crippen molar-refractivity contribution >= 4 is 17.9 Å². The molecular weight excluding hydrogens is 727 g/mol. The van der Waals surface area contributed by atoms with E-state index in [-0.39, 0.29) is 36.2 Å². The molecule has 0 aromatic heterocycles. The van der Waals surface area contributed by atoms with Gasteiger partial charge in [0.15, 0.2) is 12.1 Å². The molecule has 0 aliphatic carbocycles. The van der Waals surface area contributed by atoms with Gasteiger partial charge in [0.2, 0.25) is 0 Å². The topological polar surface area (TPSA) is 99.1 Å². The molecule has 0 aliphatic rings. The average Bonchev–Trinajstić information content (AvgIpc) is 3.18. The first-order valence-electron chi connectivity index (χ1n) is 24.0. The van der Waals surface area contributed by atoms with E-state index in [0.29, 0.717) is 19.3 Å². The van der Waals surface area contributed by atoms with Crippen LogP contribution in [0, 0.1) is 0 Å². The number of rotatable bonds is 43. The summed E-state index contributed by atoms with van der Waals surface area (Å²) in [5, 5.41) is 9.63. The van der Waals surface area contributed by atoms with Crippen molar-refractivity contribution in [2.24, 2.45) is 0 Å². The molecule has 0 amide bonds. The van der Waals surface area contributed by atoms with Crippen LogP contribution in [0.5, 0.6) is 0 Å². The highest BCUT2D eigenvalue weighted by Gasteiger charge is 2.31. The van der Waals surface area contributed by atoms with Crippen LogP contribution in [0.2, 0.25) is 0 Å². The van der Waals surface area contributed by atoms with Gasteiger partial charge in [0.05, 0.1) is 34.4 Å². The Morgan fingerprint density at radius 1 is 0.534 bits per heavy atom. The molecule has 338 valence electrons.